The first-order chi connectivity index (χ1) is 21.8. The fraction of sp³-hybridized carbons (Fsp3) is 0. The lowest BCUT2D eigenvalue weighted by Crippen LogP contribution is -1.95. The van der Waals surface area contributed by atoms with Crippen LogP contribution in [0.15, 0.2) is 133 Å². The second kappa shape index (κ2) is 8.93. The molecule has 0 saturated carbocycles. The first-order valence-electron chi connectivity index (χ1n) is 14.7. The van der Waals surface area contributed by atoms with Crippen LogP contribution >= 0.6 is 11.3 Å². The molecule has 0 aliphatic heterocycles. The molecule has 4 heterocycles. The summed E-state index contributed by atoms with van der Waals surface area (Å²) in [5.41, 5.74) is 13.0. The second-order valence-corrected chi connectivity index (χ2v) is 12.1. The summed E-state index contributed by atoms with van der Waals surface area (Å²) in [7, 11) is 0. The first-order valence-corrected chi connectivity index (χ1v) is 15.6. The summed E-state index contributed by atoms with van der Waals surface area (Å²) in [4.78, 5) is 14.8. The Bertz CT molecular complexity index is 2720. The van der Waals surface area contributed by atoms with Gasteiger partial charge in [0.2, 0.25) is 0 Å². The number of thiazole rings is 1. The average molecular weight is 579 g/mol. The summed E-state index contributed by atoms with van der Waals surface area (Å²) in [6.07, 6.45) is 0. The zero-order valence-corrected chi connectivity index (χ0v) is 24.2. The number of hydrogen-bond donors (Lipinski definition) is 0. The third-order valence-electron chi connectivity index (χ3n) is 8.87. The molecule has 0 saturated heterocycles. The predicted octanol–water partition coefficient (Wildman–Crippen LogP) is 10.4. The van der Waals surface area contributed by atoms with E-state index in [2.05, 4.69) is 114 Å². The van der Waals surface area contributed by atoms with Crippen LogP contribution < -0.4 is 0 Å². The van der Waals surface area contributed by atoms with Crippen molar-refractivity contribution in [3.05, 3.63) is 133 Å². The molecule has 0 radical (unpaired) electrons. The molecule has 44 heavy (non-hydrogen) atoms. The van der Waals surface area contributed by atoms with Gasteiger partial charge < -0.3 is 4.40 Å². The Kier molecular flexibility index (Phi) is 4.84. The molecule has 10 aromatic rings. The van der Waals surface area contributed by atoms with E-state index in [1.54, 1.807) is 11.3 Å². The van der Waals surface area contributed by atoms with Crippen molar-refractivity contribution in [1.29, 1.82) is 0 Å². The molecule has 0 fully saturated rings. The molecule has 6 aromatic carbocycles. The number of benzene rings is 6. The van der Waals surface area contributed by atoms with Crippen molar-refractivity contribution in [3.8, 4) is 33.8 Å². The van der Waals surface area contributed by atoms with Gasteiger partial charge >= 0.3 is 0 Å². The van der Waals surface area contributed by atoms with Crippen molar-refractivity contribution in [2.75, 3.05) is 0 Å². The van der Waals surface area contributed by atoms with Crippen LogP contribution in [-0.4, -0.2) is 19.4 Å². The van der Waals surface area contributed by atoms with E-state index in [0.717, 1.165) is 50.2 Å². The number of rotatable bonds is 3. The van der Waals surface area contributed by atoms with E-state index >= 15 is 0 Å². The maximum atomic E-state index is 5.11. The maximum absolute atomic E-state index is 5.11. The Balaban J connectivity index is 1.18. The lowest BCUT2D eigenvalue weighted by atomic mass is 9.99. The lowest BCUT2D eigenvalue weighted by molar-refractivity contribution is 1.23. The van der Waals surface area contributed by atoms with Gasteiger partial charge in [0.05, 0.1) is 43.5 Å². The average Bonchev–Trinajstić information content (AvgIpc) is 3.79. The molecule has 0 amide bonds. The standard InChI is InChI=1S/C39H22N4S/c1-2-9-23(10-3-1)36-27-13-4-6-15-31(27)41-39(42-36)26-12-8-11-24(19-26)25-17-18-34-29(20-25)30-21-32-38(44-22-40-32)35-28-14-5-7-16-33(28)43(34)37(30)35/h1-22H. The Morgan fingerprint density at radius 3 is 2.18 bits per heavy atom. The highest BCUT2D eigenvalue weighted by Gasteiger charge is 2.21. The topological polar surface area (TPSA) is 43.1 Å². The van der Waals surface area contributed by atoms with E-state index in [0.29, 0.717) is 0 Å². The number of para-hydroxylation sites is 2. The molecular weight excluding hydrogens is 557 g/mol. The zero-order chi connectivity index (χ0) is 28.8. The van der Waals surface area contributed by atoms with Crippen molar-refractivity contribution in [2.24, 2.45) is 0 Å². The Morgan fingerprint density at radius 1 is 0.500 bits per heavy atom. The van der Waals surface area contributed by atoms with E-state index in [1.165, 1.54) is 42.8 Å². The van der Waals surface area contributed by atoms with Crippen molar-refractivity contribution in [3.63, 3.8) is 0 Å². The van der Waals surface area contributed by atoms with Crippen LogP contribution in [0.5, 0.6) is 0 Å². The highest BCUT2D eigenvalue weighted by atomic mass is 32.1. The molecule has 10 rings (SSSR count). The molecule has 4 aromatic heterocycles. The highest BCUT2D eigenvalue weighted by Crippen LogP contribution is 2.44. The number of fused-ring (bicyclic) bond motifs is 9. The van der Waals surface area contributed by atoms with E-state index in [4.69, 9.17) is 15.0 Å². The van der Waals surface area contributed by atoms with Gasteiger partial charge in [0.15, 0.2) is 5.82 Å². The maximum Gasteiger partial charge on any atom is 0.160 e. The monoisotopic (exact) mass is 578 g/mol. The van der Waals surface area contributed by atoms with Gasteiger partial charge in [-0.15, -0.1) is 11.3 Å². The number of aromatic nitrogens is 4. The number of hydrogen-bond acceptors (Lipinski definition) is 4. The second-order valence-electron chi connectivity index (χ2n) is 11.3. The van der Waals surface area contributed by atoms with Crippen LogP contribution in [0.1, 0.15) is 0 Å². The minimum absolute atomic E-state index is 0.726. The van der Waals surface area contributed by atoms with Gasteiger partial charge in [0, 0.05) is 38.1 Å². The summed E-state index contributed by atoms with van der Waals surface area (Å²) in [6, 6.07) is 45.0. The van der Waals surface area contributed by atoms with Crippen LogP contribution in [0.4, 0.5) is 0 Å². The van der Waals surface area contributed by atoms with Crippen molar-refractivity contribution >= 4 is 70.6 Å². The van der Waals surface area contributed by atoms with Crippen LogP contribution in [0.3, 0.4) is 0 Å². The Morgan fingerprint density at radius 2 is 1.25 bits per heavy atom. The van der Waals surface area contributed by atoms with Gasteiger partial charge in [-0.3, -0.25) is 0 Å². The van der Waals surface area contributed by atoms with Crippen LogP contribution in [0, 0.1) is 0 Å². The van der Waals surface area contributed by atoms with Crippen LogP contribution in [0.2, 0.25) is 0 Å². The third-order valence-corrected chi connectivity index (χ3v) is 9.72. The van der Waals surface area contributed by atoms with Gasteiger partial charge in [0.25, 0.3) is 0 Å². The molecule has 0 aliphatic carbocycles. The minimum Gasteiger partial charge on any atom is -0.308 e. The predicted molar refractivity (Wildman–Crippen MR) is 184 cm³/mol. The molecule has 0 spiro atoms. The van der Waals surface area contributed by atoms with Gasteiger partial charge in [-0.25, -0.2) is 15.0 Å². The summed E-state index contributed by atoms with van der Waals surface area (Å²) >= 11 is 1.72. The van der Waals surface area contributed by atoms with E-state index < -0.39 is 0 Å². The van der Waals surface area contributed by atoms with Gasteiger partial charge in [-0.2, -0.15) is 0 Å². The van der Waals surface area contributed by atoms with Crippen molar-refractivity contribution in [1.82, 2.24) is 19.4 Å². The molecule has 0 bridgehead atoms. The van der Waals surface area contributed by atoms with Crippen molar-refractivity contribution < 1.29 is 0 Å². The Labute approximate surface area is 255 Å². The molecule has 4 nitrogen and oxygen atoms in total. The summed E-state index contributed by atoms with van der Waals surface area (Å²) in [5, 5.41) is 6.12. The first kappa shape index (κ1) is 23.9. The van der Waals surface area contributed by atoms with Crippen molar-refractivity contribution in [2.45, 2.75) is 0 Å². The van der Waals surface area contributed by atoms with Gasteiger partial charge in [0.1, 0.15) is 0 Å². The molecule has 204 valence electrons. The smallest absolute Gasteiger partial charge is 0.160 e. The SMILES string of the molecule is c1ccc(-c2nc(-c3cccc(-c4ccc5c(c4)c4cc6ncsc6c6c7ccccc7n5c46)c3)nc3ccccc23)cc1. The number of nitrogens with zero attached hydrogens (tertiary/aromatic N) is 4. The molecule has 0 aliphatic rings. The fourth-order valence-corrected chi connectivity index (χ4v) is 7.74. The van der Waals surface area contributed by atoms with E-state index in [9.17, 15) is 0 Å². The molecule has 5 heteroatoms. The van der Waals surface area contributed by atoms with E-state index in [-0.39, 0.29) is 0 Å². The summed E-state index contributed by atoms with van der Waals surface area (Å²) in [6.45, 7) is 0. The van der Waals surface area contributed by atoms with E-state index in [1.807, 2.05) is 23.7 Å². The third kappa shape index (κ3) is 3.30. The lowest BCUT2D eigenvalue weighted by Gasteiger charge is -2.10. The largest absolute Gasteiger partial charge is 0.308 e. The molecule has 0 unspecified atom stereocenters. The van der Waals surface area contributed by atoms with Gasteiger partial charge in [-0.1, -0.05) is 91.0 Å². The molecular formula is C39H22N4S. The molecule has 0 atom stereocenters. The zero-order valence-electron chi connectivity index (χ0n) is 23.4. The fourth-order valence-electron chi connectivity index (χ4n) is 6.92. The normalized spacial score (nSPS) is 12.1. The van der Waals surface area contributed by atoms with Crippen LogP contribution in [-0.2, 0) is 0 Å². The quantitative estimate of drug-likeness (QED) is 0.209. The summed E-state index contributed by atoms with van der Waals surface area (Å²) in [5.74, 6) is 0.726. The van der Waals surface area contributed by atoms with Crippen LogP contribution in [0.25, 0.3) is 93.0 Å². The molecule has 0 N–H and O–H groups in total. The highest BCUT2D eigenvalue weighted by molar-refractivity contribution is 7.18. The Hall–Kier alpha value is -5.65. The van der Waals surface area contributed by atoms with Gasteiger partial charge in [-0.05, 0) is 47.5 Å². The summed E-state index contributed by atoms with van der Waals surface area (Å²) < 4.78 is 3.69. The minimum atomic E-state index is 0.726.